The van der Waals surface area contributed by atoms with E-state index in [-0.39, 0.29) is 17.8 Å². The number of hydrogen-bond acceptors (Lipinski definition) is 6. The lowest BCUT2D eigenvalue weighted by molar-refractivity contribution is -0.384. The normalized spacial score (nSPS) is 24.8. The minimum Gasteiger partial charge on any atom is -0.448 e. The van der Waals surface area contributed by atoms with Crippen molar-refractivity contribution in [2.24, 2.45) is 0 Å². The van der Waals surface area contributed by atoms with E-state index in [0.29, 0.717) is 31.6 Å². The number of ether oxygens (including phenoxy) is 1. The molecular weight excluding hydrogens is 416 g/mol. The SMILES string of the molecule is CC[Si](CC)(CC)O[C@]1([C@H](O)c2ccc([N+](=O)[O-])cc2)C=C[C@H](N2CCOC2=O)CC1. The van der Waals surface area contributed by atoms with E-state index >= 15 is 0 Å². The van der Waals surface area contributed by atoms with E-state index in [2.05, 4.69) is 20.8 Å². The molecule has 1 aromatic carbocycles. The molecule has 3 atom stereocenters. The summed E-state index contributed by atoms with van der Waals surface area (Å²) in [6.45, 7) is 7.38. The number of non-ortho nitro benzene ring substituents is 1. The minimum atomic E-state index is -2.09. The maximum absolute atomic E-state index is 12.0. The second-order valence-corrected chi connectivity index (χ2v) is 13.0. The first-order valence-electron chi connectivity index (χ1n) is 11.0. The van der Waals surface area contributed by atoms with Crippen LogP contribution in [-0.4, -0.2) is 54.1 Å². The number of aliphatic hydroxyl groups is 1. The van der Waals surface area contributed by atoms with Gasteiger partial charge < -0.3 is 14.3 Å². The first-order chi connectivity index (χ1) is 14.8. The lowest BCUT2D eigenvalue weighted by atomic mass is 9.81. The highest BCUT2D eigenvalue weighted by atomic mass is 28.4. The Morgan fingerprint density at radius 2 is 1.94 bits per heavy atom. The van der Waals surface area contributed by atoms with Crippen LogP contribution in [0.2, 0.25) is 18.1 Å². The Hall–Kier alpha value is -2.23. The number of aliphatic hydroxyl groups excluding tert-OH is 1. The van der Waals surface area contributed by atoms with Crippen LogP contribution in [0.25, 0.3) is 0 Å². The largest absolute Gasteiger partial charge is 0.448 e. The van der Waals surface area contributed by atoms with Crippen molar-refractivity contribution < 1.29 is 24.0 Å². The lowest BCUT2D eigenvalue weighted by Gasteiger charge is -2.46. The van der Waals surface area contributed by atoms with Gasteiger partial charge in [0.2, 0.25) is 0 Å². The highest BCUT2D eigenvalue weighted by molar-refractivity contribution is 6.73. The fourth-order valence-electron chi connectivity index (χ4n) is 4.59. The number of benzene rings is 1. The van der Waals surface area contributed by atoms with Gasteiger partial charge in [-0.3, -0.25) is 15.0 Å². The molecular formula is C22H32N2O6Si. The summed E-state index contributed by atoms with van der Waals surface area (Å²) in [5.74, 6) is 0. The van der Waals surface area contributed by atoms with Crippen LogP contribution in [0, 0.1) is 10.1 Å². The number of carbonyl (C=O) groups excluding carboxylic acids is 1. The standard InChI is InChI=1S/C22H32N2O6Si/c1-4-31(5-2,6-3)30-22(20(25)17-7-9-19(10-8-17)24(27)28)13-11-18(12-14-22)23-15-16-29-21(23)26/h7-11,13,18,20,25H,4-6,12,14-16H2,1-3H3/t18-,20+,22+/m0/s1. The van der Waals surface area contributed by atoms with E-state index in [0.717, 1.165) is 18.1 Å². The van der Waals surface area contributed by atoms with Crippen LogP contribution in [0.3, 0.4) is 0 Å². The van der Waals surface area contributed by atoms with Gasteiger partial charge in [-0.15, -0.1) is 0 Å². The highest BCUT2D eigenvalue weighted by Gasteiger charge is 2.47. The van der Waals surface area contributed by atoms with Crippen LogP contribution in [0.15, 0.2) is 36.4 Å². The van der Waals surface area contributed by atoms with Crippen molar-refractivity contribution in [3.63, 3.8) is 0 Å². The summed E-state index contributed by atoms with van der Waals surface area (Å²) in [6, 6.07) is 8.73. The lowest BCUT2D eigenvalue weighted by Crippen LogP contribution is -2.52. The van der Waals surface area contributed by atoms with Crippen LogP contribution in [-0.2, 0) is 9.16 Å². The Bertz CT molecular complexity index is 818. The summed E-state index contributed by atoms with van der Waals surface area (Å²) < 4.78 is 12.0. The van der Waals surface area contributed by atoms with Gasteiger partial charge in [0, 0.05) is 12.1 Å². The average molecular weight is 449 g/mol. The van der Waals surface area contributed by atoms with E-state index in [4.69, 9.17) is 9.16 Å². The molecule has 0 unspecified atom stereocenters. The number of cyclic esters (lactones) is 1. The first-order valence-corrected chi connectivity index (χ1v) is 13.6. The Labute approximate surface area is 184 Å². The molecule has 2 aliphatic rings. The second kappa shape index (κ2) is 9.50. The minimum absolute atomic E-state index is 0.0166. The summed E-state index contributed by atoms with van der Waals surface area (Å²) in [5.41, 5.74) is -0.359. The van der Waals surface area contributed by atoms with Crippen LogP contribution >= 0.6 is 0 Å². The number of hydrogen-bond donors (Lipinski definition) is 1. The number of nitro benzene ring substituents is 1. The van der Waals surface area contributed by atoms with Gasteiger partial charge in [0.05, 0.1) is 17.5 Å². The maximum atomic E-state index is 12.0. The smallest absolute Gasteiger partial charge is 0.410 e. The molecule has 1 N–H and O–H groups in total. The van der Waals surface area contributed by atoms with Crippen molar-refractivity contribution in [1.29, 1.82) is 0 Å². The fourth-order valence-corrected chi connectivity index (χ4v) is 7.61. The highest BCUT2D eigenvalue weighted by Crippen LogP contribution is 2.43. The predicted octanol–water partition coefficient (Wildman–Crippen LogP) is 4.56. The molecule has 3 rings (SSSR count). The molecule has 1 saturated heterocycles. The van der Waals surface area contributed by atoms with Crippen LogP contribution < -0.4 is 0 Å². The number of nitrogens with zero attached hydrogens (tertiary/aromatic N) is 2. The van der Waals surface area contributed by atoms with Gasteiger partial charge in [-0.2, -0.15) is 0 Å². The van der Waals surface area contributed by atoms with Crippen LogP contribution in [0.4, 0.5) is 10.5 Å². The second-order valence-electron chi connectivity index (χ2n) is 8.32. The van der Waals surface area contributed by atoms with E-state index in [1.807, 2.05) is 12.2 Å². The molecule has 9 heteroatoms. The first kappa shape index (κ1) is 23.4. The zero-order valence-corrected chi connectivity index (χ0v) is 19.5. The third-order valence-electron chi connectivity index (χ3n) is 6.85. The van der Waals surface area contributed by atoms with Crippen molar-refractivity contribution in [3.8, 4) is 0 Å². The molecule has 1 aromatic rings. The quantitative estimate of drug-likeness (QED) is 0.257. The van der Waals surface area contributed by atoms with Crippen molar-refractivity contribution in [2.75, 3.05) is 13.2 Å². The molecule has 8 nitrogen and oxygen atoms in total. The third kappa shape index (κ3) is 4.68. The maximum Gasteiger partial charge on any atom is 0.410 e. The topological polar surface area (TPSA) is 102 Å². The van der Waals surface area contributed by atoms with Gasteiger partial charge in [-0.25, -0.2) is 4.79 Å². The summed E-state index contributed by atoms with van der Waals surface area (Å²) in [5, 5.41) is 22.5. The zero-order valence-electron chi connectivity index (χ0n) is 18.5. The number of amides is 1. The molecule has 0 bridgehead atoms. The molecule has 0 aromatic heterocycles. The molecule has 1 aliphatic heterocycles. The Morgan fingerprint density at radius 1 is 1.29 bits per heavy atom. The van der Waals surface area contributed by atoms with E-state index in [1.54, 1.807) is 17.0 Å². The van der Waals surface area contributed by atoms with E-state index in [9.17, 15) is 20.0 Å². The molecule has 0 radical (unpaired) electrons. The summed E-state index contributed by atoms with van der Waals surface area (Å²) >= 11 is 0. The Morgan fingerprint density at radius 3 is 2.39 bits per heavy atom. The van der Waals surface area contributed by atoms with Gasteiger partial charge in [-0.05, 0) is 48.7 Å². The summed E-state index contributed by atoms with van der Waals surface area (Å²) in [6.07, 6.45) is 3.79. The van der Waals surface area contributed by atoms with E-state index in [1.165, 1.54) is 12.1 Å². The number of carbonyl (C=O) groups is 1. The third-order valence-corrected chi connectivity index (χ3v) is 11.5. The van der Waals surface area contributed by atoms with Crippen molar-refractivity contribution in [2.45, 2.75) is 69.5 Å². The van der Waals surface area contributed by atoms with Gasteiger partial charge >= 0.3 is 6.09 Å². The molecule has 0 spiro atoms. The molecule has 170 valence electrons. The van der Waals surface area contributed by atoms with E-state index < -0.39 is 24.9 Å². The van der Waals surface area contributed by atoms with Crippen molar-refractivity contribution >= 4 is 20.1 Å². The number of nitro groups is 1. The fraction of sp³-hybridized carbons (Fsp3) is 0.591. The predicted molar refractivity (Wildman–Crippen MR) is 119 cm³/mol. The zero-order chi connectivity index (χ0) is 22.6. The molecule has 1 fully saturated rings. The monoisotopic (exact) mass is 448 g/mol. The number of rotatable bonds is 9. The summed E-state index contributed by atoms with van der Waals surface area (Å²) in [4.78, 5) is 24.3. The van der Waals surface area contributed by atoms with Gasteiger partial charge in [0.25, 0.3) is 5.69 Å². The van der Waals surface area contributed by atoms with Gasteiger partial charge in [0.15, 0.2) is 8.32 Å². The van der Waals surface area contributed by atoms with Crippen LogP contribution in [0.1, 0.15) is 45.3 Å². The van der Waals surface area contributed by atoms with Gasteiger partial charge in [0.1, 0.15) is 18.3 Å². The molecule has 1 amide bonds. The molecule has 0 saturated carbocycles. The van der Waals surface area contributed by atoms with Gasteiger partial charge in [-0.1, -0.05) is 32.9 Å². The molecule has 31 heavy (non-hydrogen) atoms. The Kier molecular flexibility index (Phi) is 7.18. The average Bonchev–Trinajstić information content (AvgIpc) is 3.23. The molecule has 1 aliphatic carbocycles. The van der Waals surface area contributed by atoms with Crippen LogP contribution in [0.5, 0.6) is 0 Å². The summed E-state index contributed by atoms with van der Waals surface area (Å²) in [7, 11) is -2.09. The Balaban J connectivity index is 1.94. The van der Waals surface area contributed by atoms with Crippen molar-refractivity contribution in [1.82, 2.24) is 4.90 Å². The van der Waals surface area contributed by atoms with Crippen molar-refractivity contribution in [3.05, 3.63) is 52.1 Å². The molecule has 1 heterocycles.